The molecule has 0 saturated carbocycles. The predicted octanol–water partition coefficient (Wildman–Crippen LogP) is 2.12. The van der Waals surface area contributed by atoms with Crippen molar-refractivity contribution in [1.82, 2.24) is 15.2 Å². The number of aryl methyl sites for hydroxylation is 1. The first kappa shape index (κ1) is 10.9. The van der Waals surface area contributed by atoms with E-state index in [1.54, 1.807) is 6.92 Å². The molecule has 0 unspecified atom stereocenters. The Bertz CT molecular complexity index is 503. The second-order valence-electron chi connectivity index (χ2n) is 3.12. The van der Waals surface area contributed by atoms with Gasteiger partial charge in [0, 0.05) is 5.69 Å². The van der Waals surface area contributed by atoms with Crippen molar-refractivity contribution in [2.45, 2.75) is 17.0 Å². The fourth-order valence-corrected chi connectivity index (χ4v) is 1.91. The number of rotatable bonds is 2. The topological polar surface area (TPSA) is 67.6 Å². The Balaban J connectivity index is 2.34. The highest BCUT2D eigenvalue weighted by molar-refractivity contribution is 7.99. The van der Waals surface area contributed by atoms with Crippen molar-refractivity contribution >= 4 is 17.4 Å². The fraction of sp³-hybridized carbons (Fsp3) is 0.111. The maximum absolute atomic E-state index is 13.4. The second-order valence-corrected chi connectivity index (χ2v) is 4.10. The molecule has 1 aromatic carbocycles. The molecule has 84 valence electrons. The number of nitrogens with zero attached hydrogens (tertiary/aromatic N) is 2. The van der Waals surface area contributed by atoms with Gasteiger partial charge in [-0.3, -0.25) is 5.10 Å². The monoisotopic (exact) mass is 242 g/mol. The van der Waals surface area contributed by atoms with Gasteiger partial charge in [-0.05, 0) is 30.8 Å². The van der Waals surface area contributed by atoms with Crippen molar-refractivity contribution in [2.75, 3.05) is 5.73 Å². The van der Waals surface area contributed by atoms with Crippen LogP contribution in [-0.2, 0) is 0 Å². The number of benzene rings is 1. The average Bonchev–Trinajstić information content (AvgIpc) is 2.58. The van der Waals surface area contributed by atoms with Gasteiger partial charge in [0.2, 0.25) is 5.16 Å². The average molecular weight is 242 g/mol. The highest BCUT2D eigenvalue weighted by Gasteiger charge is 2.14. The lowest BCUT2D eigenvalue weighted by atomic mass is 10.3. The number of anilines is 1. The van der Waals surface area contributed by atoms with Gasteiger partial charge in [0.15, 0.2) is 0 Å². The molecule has 7 heteroatoms. The van der Waals surface area contributed by atoms with Gasteiger partial charge in [0.05, 0.1) is 4.90 Å². The molecule has 0 radical (unpaired) electrons. The third-order valence-electron chi connectivity index (χ3n) is 1.79. The molecule has 16 heavy (non-hydrogen) atoms. The molecule has 0 aliphatic rings. The van der Waals surface area contributed by atoms with Gasteiger partial charge in [0.1, 0.15) is 17.5 Å². The van der Waals surface area contributed by atoms with Crippen LogP contribution in [0.1, 0.15) is 5.82 Å². The van der Waals surface area contributed by atoms with Crippen LogP contribution in [0.25, 0.3) is 0 Å². The van der Waals surface area contributed by atoms with Gasteiger partial charge in [-0.25, -0.2) is 13.8 Å². The molecule has 0 fully saturated rings. The zero-order chi connectivity index (χ0) is 11.7. The van der Waals surface area contributed by atoms with Crippen LogP contribution in [0.2, 0.25) is 0 Å². The molecular weight excluding hydrogens is 234 g/mol. The summed E-state index contributed by atoms with van der Waals surface area (Å²) >= 11 is 0.811. The van der Waals surface area contributed by atoms with E-state index in [1.807, 2.05) is 0 Å². The fourth-order valence-electron chi connectivity index (χ4n) is 1.14. The molecule has 0 amide bonds. The minimum Gasteiger partial charge on any atom is -0.399 e. The van der Waals surface area contributed by atoms with E-state index in [0.29, 0.717) is 5.82 Å². The van der Waals surface area contributed by atoms with E-state index in [-0.39, 0.29) is 15.7 Å². The third-order valence-corrected chi connectivity index (χ3v) is 2.75. The number of nitrogen functional groups attached to an aromatic ring is 1. The molecule has 4 nitrogen and oxygen atoms in total. The highest BCUT2D eigenvalue weighted by atomic mass is 32.2. The molecule has 0 atom stereocenters. The van der Waals surface area contributed by atoms with Crippen molar-refractivity contribution in [3.8, 4) is 0 Å². The standard InChI is InChI=1S/C9H8F2N4S/c1-4-13-9(15-14-4)16-8-6(10)2-5(12)3-7(8)11/h2-3H,12H2,1H3,(H,13,14,15). The smallest absolute Gasteiger partial charge is 0.213 e. The Kier molecular flexibility index (Phi) is 2.78. The number of aromatic nitrogens is 3. The normalized spacial score (nSPS) is 10.7. The molecule has 2 rings (SSSR count). The van der Waals surface area contributed by atoms with E-state index in [4.69, 9.17) is 5.73 Å². The van der Waals surface area contributed by atoms with Crippen LogP contribution in [0.4, 0.5) is 14.5 Å². The Labute approximate surface area is 94.3 Å². The van der Waals surface area contributed by atoms with Gasteiger partial charge in [-0.15, -0.1) is 5.10 Å². The number of H-pyrrole nitrogens is 1. The number of aromatic amines is 1. The van der Waals surface area contributed by atoms with E-state index < -0.39 is 11.6 Å². The molecule has 0 aliphatic heterocycles. The van der Waals surface area contributed by atoms with Gasteiger partial charge in [0.25, 0.3) is 0 Å². The lowest BCUT2D eigenvalue weighted by Gasteiger charge is -2.02. The molecule has 0 bridgehead atoms. The molecule has 1 heterocycles. The first-order valence-electron chi connectivity index (χ1n) is 4.37. The summed E-state index contributed by atoms with van der Waals surface area (Å²) in [5.74, 6) is -0.853. The maximum atomic E-state index is 13.4. The number of hydrogen-bond donors (Lipinski definition) is 2. The van der Waals surface area contributed by atoms with Gasteiger partial charge < -0.3 is 5.73 Å². The zero-order valence-corrected chi connectivity index (χ0v) is 9.11. The third kappa shape index (κ3) is 2.13. The minimum absolute atomic E-state index is 0.0468. The minimum atomic E-state index is -0.718. The van der Waals surface area contributed by atoms with E-state index in [1.165, 1.54) is 0 Å². The van der Waals surface area contributed by atoms with E-state index in [9.17, 15) is 8.78 Å². The van der Waals surface area contributed by atoms with Crippen molar-refractivity contribution < 1.29 is 8.78 Å². The summed E-state index contributed by atoms with van der Waals surface area (Å²) < 4.78 is 26.8. The largest absolute Gasteiger partial charge is 0.399 e. The van der Waals surface area contributed by atoms with Crippen molar-refractivity contribution in [2.24, 2.45) is 0 Å². The lowest BCUT2D eigenvalue weighted by molar-refractivity contribution is 0.541. The Morgan fingerprint density at radius 1 is 1.31 bits per heavy atom. The SMILES string of the molecule is Cc1nc(Sc2c(F)cc(N)cc2F)n[nH]1. The van der Waals surface area contributed by atoms with Crippen LogP contribution >= 0.6 is 11.8 Å². The Hall–Kier alpha value is -1.63. The van der Waals surface area contributed by atoms with Crippen LogP contribution in [0.5, 0.6) is 0 Å². The van der Waals surface area contributed by atoms with Gasteiger partial charge in [-0.2, -0.15) is 0 Å². The molecule has 1 aromatic heterocycles. The van der Waals surface area contributed by atoms with E-state index in [0.717, 1.165) is 23.9 Å². The van der Waals surface area contributed by atoms with Crippen molar-refractivity contribution in [3.05, 3.63) is 29.6 Å². The highest BCUT2D eigenvalue weighted by Crippen LogP contribution is 2.31. The van der Waals surface area contributed by atoms with E-state index >= 15 is 0 Å². The van der Waals surface area contributed by atoms with E-state index in [2.05, 4.69) is 15.2 Å². The summed E-state index contributed by atoms with van der Waals surface area (Å²) in [6, 6.07) is 2.12. The summed E-state index contributed by atoms with van der Waals surface area (Å²) in [4.78, 5) is 3.78. The van der Waals surface area contributed by atoms with Crippen LogP contribution < -0.4 is 5.73 Å². The van der Waals surface area contributed by atoms with Gasteiger partial charge in [-0.1, -0.05) is 0 Å². The molecule has 0 saturated heterocycles. The predicted molar refractivity (Wildman–Crippen MR) is 56.0 cm³/mol. The second kappa shape index (κ2) is 4.09. The number of halogens is 2. The quantitative estimate of drug-likeness (QED) is 0.791. The Morgan fingerprint density at radius 2 is 1.94 bits per heavy atom. The summed E-state index contributed by atoms with van der Waals surface area (Å²) in [5, 5.41) is 6.63. The number of nitrogens with two attached hydrogens (primary N) is 1. The summed E-state index contributed by atoms with van der Waals surface area (Å²) in [7, 11) is 0. The van der Waals surface area contributed by atoms with Crippen LogP contribution in [0, 0.1) is 18.6 Å². The first-order chi connectivity index (χ1) is 7.56. The van der Waals surface area contributed by atoms with Crippen molar-refractivity contribution in [3.63, 3.8) is 0 Å². The summed E-state index contributed by atoms with van der Waals surface area (Å²) in [5.41, 5.74) is 5.35. The van der Waals surface area contributed by atoms with Crippen LogP contribution in [-0.4, -0.2) is 15.2 Å². The molecule has 0 spiro atoms. The van der Waals surface area contributed by atoms with Gasteiger partial charge >= 0.3 is 0 Å². The Morgan fingerprint density at radius 3 is 2.44 bits per heavy atom. The van der Waals surface area contributed by atoms with Crippen LogP contribution in [0.15, 0.2) is 22.2 Å². The summed E-state index contributed by atoms with van der Waals surface area (Å²) in [6.45, 7) is 1.70. The first-order valence-corrected chi connectivity index (χ1v) is 5.19. The summed E-state index contributed by atoms with van der Waals surface area (Å²) in [6.07, 6.45) is 0. The molecule has 0 aliphatic carbocycles. The molecular formula is C9H8F2N4S. The van der Waals surface area contributed by atoms with Crippen LogP contribution in [0.3, 0.4) is 0 Å². The van der Waals surface area contributed by atoms with Crippen molar-refractivity contribution in [1.29, 1.82) is 0 Å². The number of nitrogens with one attached hydrogen (secondary N) is 1. The molecule has 3 N–H and O–H groups in total. The maximum Gasteiger partial charge on any atom is 0.213 e. The lowest BCUT2D eigenvalue weighted by Crippen LogP contribution is -1.93. The molecule has 2 aromatic rings. The number of hydrogen-bond acceptors (Lipinski definition) is 4. The zero-order valence-electron chi connectivity index (χ0n) is 8.29.